The van der Waals surface area contributed by atoms with Crippen LogP contribution in [0.1, 0.15) is 84.1 Å². The summed E-state index contributed by atoms with van der Waals surface area (Å²) in [5.41, 5.74) is 9.28. The maximum atomic E-state index is 13.8. The number of aromatic nitrogens is 4. The lowest BCUT2D eigenvalue weighted by atomic mass is 9.73. The Labute approximate surface area is 316 Å². The molecule has 1 aliphatic carbocycles. The summed E-state index contributed by atoms with van der Waals surface area (Å²) in [5.74, 6) is 0.186. The molecule has 11 heteroatoms. The average molecular weight is 727 g/mol. The number of carbonyl (C=O) groups excluding carboxylic acids is 1. The van der Waals surface area contributed by atoms with Gasteiger partial charge in [-0.05, 0) is 124 Å². The summed E-state index contributed by atoms with van der Waals surface area (Å²) in [7, 11) is 1.92. The summed E-state index contributed by atoms with van der Waals surface area (Å²) < 4.78 is 1.94. The standard InChI is InChI=1S/C43H50N8O3/c1-27-32(9-7-11-34(27)46-39-38-30(15-19-44-39)23-29(24-45-38)25-50-20-5-6-21-50)33-10-8-12-35(28(33)2)48-41(52)40-47-36-26-51(22-16-37(36)49(40)4)31-13-17-43(3,18-14-31)42(53)54/h7-12,15,19,23-24,31H,5-6,13-14,16-18,20-22,25-26H2,1-4H3,(H,44,46)(H,48,52)(H,53,54). The largest absolute Gasteiger partial charge is 0.481 e. The van der Waals surface area contributed by atoms with E-state index in [0.29, 0.717) is 31.3 Å². The fraction of sp³-hybridized carbons (Fsp3) is 0.419. The molecule has 5 aromatic rings. The van der Waals surface area contributed by atoms with Crippen LogP contribution in [0.3, 0.4) is 0 Å². The van der Waals surface area contributed by atoms with Gasteiger partial charge < -0.3 is 20.3 Å². The minimum Gasteiger partial charge on any atom is -0.481 e. The molecule has 2 fully saturated rings. The van der Waals surface area contributed by atoms with E-state index < -0.39 is 11.4 Å². The van der Waals surface area contributed by atoms with Crippen LogP contribution in [0.2, 0.25) is 0 Å². The number of fused-ring (bicyclic) bond motifs is 2. The molecule has 11 nitrogen and oxygen atoms in total. The van der Waals surface area contributed by atoms with Crippen LogP contribution in [-0.2, 0) is 31.4 Å². The van der Waals surface area contributed by atoms with Gasteiger partial charge >= 0.3 is 5.97 Å². The third kappa shape index (κ3) is 6.86. The van der Waals surface area contributed by atoms with Crippen LogP contribution in [0.25, 0.3) is 22.0 Å². The zero-order valence-corrected chi connectivity index (χ0v) is 31.8. The smallest absolute Gasteiger partial charge is 0.309 e. The normalized spacial score (nSPS) is 20.6. The van der Waals surface area contributed by atoms with E-state index in [0.717, 1.165) is 107 Å². The predicted molar refractivity (Wildman–Crippen MR) is 212 cm³/mol. The van der Waals surface area contributed by atoms with Gasteiger partial charge in [-0.2, -0.15) is 0 Å². The van der Waals surface area contributed by atoms with Crippen molar-refractivity contribution in [3.05, 3.63) is 94.8 Å². The number of pyridine rings is 2. The number of benzene rings is 2. The molecule has 2 aromatic carbocycles. The predicted octanol–water partition coefficient (Wildman–Crippen LogP) is 7.63. The number of rotatable bonds is 9. The Morgan fingerprint density at radius 2 is 1.65 bits per heavy atom. The number of hydrogen-bond donors (Lipinski definition) is 3. The lowest BCUT2D eigenvalue weighted by molar-refractivity contribution is -0.150. The third-order valence-electron chi connectivity index (χ3n) is 12.3. The van der Waals surface area contributed by atoms with Gasteiger partial charge in [-0.3, -0.25) is 24.4 Å². The molecule has 0 unspecified atom stereocenters. The minimum absolute atomic E-state index is 0.237. The first-order valence-electron chi connectivity index (χ1n) is 19.3. The average Bonchev–Trinajstić information content (AvgIpc) is 3.81. The molecule has 5 heterocycles. The molecule has 1 saturated carbocycles. The second-order valence-corrected chi connectivity index (χ2v) is 15.8. The number of carbonyl (C=O) groups is 2. The molecule has 280 valence electrons. The Bertz CT molecular complexity index is 2230. The van der Waals surface area contributed by atoms with Gasteiger partial charge in [0, 0.05) is 74.0 Å². The van der Waals surface area contributed by atoms with E-state index in [9.17, 15) is 14.7 Å². The first kappa shape index (κ1) is 35.9. The number of imidazole rings is 1. The number of nitrogens with zero attached hydrogens (tertiary/aromatic N) is 6. The van der Waals surface area contributed by atoms with E-state index in [2.05, 4.69) is 56.6 Å². The summed E-state index contributed by atoms with van der Waals surface area (Å²) in [6.45, 7) is 10.8. The van der Waals surface area contributed by atoms with Crippen molar-refractivity contribution < 1.29 is 14.7 Å². The van der Waals surface area contributed by atoms with Gasteiger partial charge in [0.05, 0.1) is 11.1 Å². The zero-order valence-electron chi connectivity index (χ0n) is 31.8. The number of carboxylic acid groups (broad SMARTS) is 1. The van der Waals surface area contributed by atoms with Gasteiger partial charge in [0.15, 0.2) is 11.6 Å². The van der Waals surface area contributed by atoms with E-state index in [4.69, 9.17) is 9.97 Å². The van der Waals surface area contributed by atoms with Crippen LogP contribution >= 0.6 is 0 Å². The zero-order chi connectivity index (χ0) is 37.6. The molecule has 1 amide bonds. The summed E-state index contributed by atoms with van der Waals surface area (Å²) in [6, 6.07) is 16.8. The molecule has 3 aliphatic rings. The first-order valence-corrected chi connectivity index (χ1v) is 19.3. The van der Waals surface area contributed by atoms with Crippen molar-refractivity contribution in [2.45, 2.75) is 84.8 Å². The van der Waals surface area contributed by atoms with Crippen molar-refractivity contribution in [2.24, 2.45) is 12.5 Å². The van der Waals surface area contributed by atoms with Gasteiger partial charge in [0.2, 0.25) is 0 Å². The maximum Gasteiger partial charge on any atom is 0.309 e. The van der Waals surface area contributed by atoms with Gasteiger partial charge in [0.25, 0.3) is 5.91 Å². The molecule has 3 aromatic heterocycles. The number of amides is 1. The van der Waals surface area contributed by atoms with Crippen molar-refractivity contribution in [3.8, 4) is 11.1 Å². The number of aliphatic carboxylic acids is 1. The van der Waals surface area contributed by atoms with E-state index in [1.54, 1.807) is 0 Å². The molecular formula is C43H50N8O3. The van der Waals surface area contributed by atoms with Crippen molar-refractivity contribution in [1.29, 1.82) is 0 Å². The molecule has 1 saturated heterocycles. The van der Waals surface area contributed by atoms with E-state index >= 15 is 0 Å². The molecule has 2 aliphatic heterocycles. The Kier molecular flexibility index (Phi) is 9.70. The fourth-order valence-electron chi connectivity index (χ4n) is 8.80. The van der Waals surface area contributed by atoms with Gasteiger partial charge in [-0.25, -0.2) is 9.97 Å². The van der Waals surface area contributed by atoms with Crippen LogP contribution in [0.15, 0.2) is 60.9 Å². The van der Waals surface area contributed by atoms with Crippen molar-refractivity contribution in [3.63, 3.8) is 0 Å². The highest BCUT2D eigenvalue weighted by molar-refractivity contribution is 6.03. The quantitative estimate of drug-likeness (QED) is 0.141. The second-order valence-electron chi connectivity index (χ2n) is 15.8. The van der Waals surface area contributed by atoms with Crippen molar-refractivity contribution in [1.82, 2.24) is 29.3 Å². The molecule has 0 atom stereocenters. The highest BCUT2D eigenvalue weighted by Gasteiger charge is 2.40. The molecule has 0 bridgehead atoms. The molecule has 0 spiro atoms. The summed E-state index contributed by atoms with van der Waals surface area (Å²) in [5, 5.41) is 17.5. The fourth-order valence-corrected chi connectivity index (χ4v) is 8.80. The van der Waals surface area contributed by atoms with Crippen LogP contribution in [-0.4, -0.2) is 72.0 Å². The number of nitrogens with one attached hydrogen (secondary N) is 2. The number of likely N-dealkylation sites (tertiary alicyclic amines) is 1. The number of hydrogen-bond acceptors (Lipinski definition) is 8. The van der Waals surface area contributed by atoms with Crippen LogP contribution in [0.5, 0.6) is 0 Å². The summed E-state index contributed by atoms with van der Waals surface area (Å²) in [4.78, 5) is 44.9. The van der Waals surface area contributed by atoms with Gasteiger partial charge in [-0.1, -0.05) is 24.3 Å². The number of carboxylic acids is 1. The molecule has 8 rings (SSSR count). The summed E-state index contributed by atoms with van der Waals surface area (Å²) in [6.07, 6.45) is 10.3. The minimum atomic E-state index is -0.697. The van der Waals surface area contributed by atoms with Crippen LogP contribution < -0.4 is 10.6 Å². The molecular weight excluding hydrogens is 677 g/mol. The third-order valence-corrected chi connectivity index (χ3v) is 12.3. The van der Waals surface area contributed by atoms with Crippen LogP contribution in [0, 0.1) is 19.3 Å². The molecule has 0 radical (unpaired) electrons. The maximum absolute atomic E-state index is 13.8. The van der Waals surface area contributed by atoms with E-state index in [1.807, 2.05) is 62.1 Å². The first-order chi connectivity index (χ1) is 26.1. The van der Waals surface area contributed by atoms with Gasteiger partial charge in [0.1, 0.15) is 5.52 Å². The Morgan fingerprint density at radius 3 is 2.37 bits per heavy atom. The number of anilines is 3. The van der Waals surface area contributed by atoms with Crippen LogP contribution in [0.4, 0.5) is 17.2 Å². The monoisotopic (exact) mass is 726 g/mol. The van der Waals surface area contributed by atoms with Crippen molar-refractivity contribution >= 4 is 40.0 Å². The topological polar surface area (TPSA) is 129 Å². The second kappa shape index (κ2) is 14.6. The Balaban J connectivity index is 0.979. The molecule has 3 N–H and O–H groups in total. The lowest BCUT2D eigenvalue weighted by Crippen LogP contribution is -2.44. The Hall–Kier alpha value is -5.13. The molecule has 54 heavy (non-hydrogen) atoms. The van der Waals surface area contributed by atoms with Gasteiger partial charge in [-0.15, -0.1) is 0 Å². The Morgan fingerprint density at radius 1 is 0.944 bits per heavy atom. The lowest BCUT2D eigenvalue weighted by Gasteiger charge is -2.41. The van der Waals surface area contributed by atoms with Crippen molar-refractivity contribution in [2.75, 3.05) is 30.3 Å². The summed E-state index contributed by atoms with van der Waals surface area (Å²) >= 11 is 0. The van der Waals surface area contributed by atoms with E-state index in [1.165, 1.54) is 18.4 Å². The van der Waals surface area contributed by atoms with E-state index in [-0.39, 0.29) is 5.91 Å². The highest BCUT2D eigenvalue weighted by atomic mass is 16.4. The highest BCUT2D eigenvalue weighted by Crippen LogP contribution is 2.39. The SMILES string of the molecule is Cc1c(NC(=O)c2nc3c(n2C)CCN(C2CCC(C)(C(=O)O)CC2)C3)cccc1-c1cccc(Nc2nccc3cc(CN4CCCC4)cnc23)c1C.